The van der Waals surface area contributed by atoms with Crippen LogP contribution in [-0.4, -0.2) is 15.3 Å². The Hall–Kier alpha value is -2.03. The van der Waals surface area contributed by atoms with Crippen LogP contribution in [0.25, 0.3) is 0 Å². The Labute approximate surface area is 88.0 Å². The molecule has 0 saturated carbocycles. The minimum absolute atomic E-state index is 0.438. The van der Waals surface area contributed by atoms with E-state index in [4.69, 9.17) is 0 Å². The van der Waals surface area contributed by atoms with Crippen LogP contribution in [0.5, 0.6) is 0 Å². The molecule has 0 unspecified atom stereocenters. The SMILES string of the molecule is C1=CC(n2cccc2)(n2cccc2)N=C1. The van der Waals surface area contributed by atoms with E-state index in [0.717, 1.165) is 0 Å². The van der Waals surface area contributed by atoms with Crippen LogP contribution in [0.2, 0.25) is 0 Å². The lowest BCUT2D eigenvalue weighted by atomic mass is 10.3. The average Bonchev–Trinajstić information content (AvgIpc) is 3.02. The highest BCUT2D eigenvalue weighted by Crippen LogP contribution is 2.26. The molecule has 0 fully saturated rings. The second-order valence-corrected chi connectivity index (χ2v) is 3.51. The molecule has 0 radical (unpaired) electrons. The van der Waals surface area contributed by atoms with Gasteiger partial charge in [0.1, 0.15) is 0 Å². The number of rotatable bonds is 2. The molecule has 1 aliphatic rings. The van der Waals surface area contributed by atoms with Gasteiger partial charge in [-0.2, -0.15) is 0 Å². The van der Waals surface area contributed by atoms with Crippen LogP contribution in [0.1, 0.15) is 0 Å². The molecular formula is C12H11N3. The molecule has 74 valence electrons. The maximum Gasteiger partial charge on any atom is 0.237 e. The highest BCUT2D eigenvalue weighted by atomic mass is 15.4. The smallest absolute Gasteiger partial charge is 0.237 e. The molecule has 3 rings (SSSR count). The fourth-order valence-electron chi connectivity index (χ4n) is 1.91. The van der Waals surface area contributed by atoms with Gasteiger partial charge in [0, 0.05) is 31.0 Å². The molecule has 0 amide bonds. The van der Waals surface area contributed by atoms with Crippen molar-refractivity contribution in [2.24, 2.45) is 4.99 Å². The molecule has 1 aliphatic heterocycles. The maximum absolute atomic E-state index is 4.54. The fraction of sp³-hybridized carbons (Fsp3) is 0.0833. The fourth-order valence-corrected chi connectivity index (χ4v) is 1.91. The van der Waals surface area contributed by atoms with Crippen LogP contribution in [0.3, 0.4) is 0 Å². The molecule has 0 aliphatic carbocycles. The zero-order chi connectivity index (χ0) is 10.1. The minimum atomic E-state index is -0.438. The summed E-state index contributed by atoms with van der Waals surface area (Å²) in [6, 6.07) is 8.03. The second kappa shape index (κ2) is 2.98. The van der Waals surface area contributed by atoms with E-state index >= 15 is 0 Å². The van der Waals surface area contributed by atoms with Crippen molar-refractivity contribution < 1.29 is 0 Å². The Morgan fingerprint density at radius 2 is 1.33 bits per heavy atom. The Morgan fingerprint density at radius 3 is 1.73 bits per heavy atom. The van der Waals surface area contributed by atoms with E-state index < -0.39 is 5.79 Å². The number of aliphatic imine (C=N–C) groups is 1. The lowest BCUT2D eigenvalue weighted by Crippen LogP contribution is -2.34. The normalized spacial score (nSPS) is 17.3. The van der Waals surface area contributed by atoms with Gasteiger partial charge in [-0.05, 0) is 36.4 Å². The summed E-state index contributed by atoms with van der Waals surface area (Å²) in [5.74, 6) is -0.438. The zero-order valence-corrected chi connectivity index (χ0v) is 8.19. The third-order valence-corrected chi connectivity index (χ3v) is 2.64. The van der Waals surface area contributed by atoms with Crippen molar-refractivity contribution in [1.29, 1.82) is 0 Å². The van der Waals surface area contributed by atoms with E-state index in [9.17, 15) is 0 Å². The summed E-state index contributed by atoms with van der Waals surface area (Å²) >= 11 is 0. The Balaban J connectivity index is 2.20. The monoisotopic (exact) mass is 197 g/mol. The molecule has 0 atom stereocenters. The van der Waals surface area contributed by atoms with E-state index in [-0.39, 0.29) is 0 Å². The first-order valence-electron chi connectivity index (χ1n) is 4.92. The van der Waals surface area contributed by atoms with Gasteiger partial charge in [0.25, 0.3) is 0 Å². The van der Waals surface area contributed by atoms with Gasteiger partial charge in [-0.25, -0.2) is 4.99 Å². The van der Waals surface area contributed by atoms with Crippen molar-refractivity contribution in [1.82, 2.24) is 9.13 Å². The average molecular weight is 197 g/mol. The maximum atomic E-state index is 4.54. The molecule has 0 saturated heterocycles. The molecule has 15 heavy (non-hydrogen) atoms. The molecule has 3 heterocycles. The van der Waals surface area contributed by atoms with Crippen molar-refractivity contribution in [2.75, 3.05) is 0 Å². The second-order valence-electron chi connectivity index (χ2n) is 3.51. The lowest BCUT2D eigenvalue weighted by Gasteiger charge is -2.28. The third kappa shape index (κ3) is 1.09. The van der Waals surface area contributed by atoms with Crippen molar-refractivity contribution in [3.8, 4) is 0 Å². The van der Waals surface area contributed by atoms with Crippen molar-refractivity contribution in [3.63, 3.8) is 0 Å². The van der Waals surface area contributed by atoms with Gasteiger partial charge < -0.3 is 9.13 Å². The molecular weight excluding hydrogens is 186 g/mol. The highest BCUT2D eigenvalue weighted by molar-refractivity contribution is 5.74. The van der Waals surface area contributed by atoms with Gasteiger partial charge in [-0.15, -0.1) is 0 Å². The summed E-state index contributed by atoms with van der Waals surface area (Å²) in [5.41, 5.74) is 0. The third-order valence-electron chi connectivity index (χ3n) is 2.64. The van der Waals surface area contributed by atoms with Crippen LogP contribution >= 0.6 is 0 Å². The van der Waals surface area contributed by atoms with Crippen molar-refractivity contribution in [2.45, 2.75) is 5.79 Å². The van der Waals surface area contributed by atoms with Gasteiger partial charge in [0.2, 0.25) is 5.79 Å². The van der Waals surface area contributed by atoms with E-state index in [1.54, 1.807) is 0 Å². The van der Waals surface area contributed by atoms with Gasteiger partial charge in [0.15, 0.2) is 0 Å². The Morgan fingerprint density at radius 1 is 0.800 bits per heavy atom. The van der Waals surface area contributed by atoms with E-state index in [1.807, 2.05) is 61.3 Å². The number of aromatic nitrogens is 2. The minimum Gasteiger partial charge on any atom is -0.309 e. The molecule has 2 aromatic rings. The quantitative estimate of drug-likeness (QED) is 0.703. The van der Waals surface area contributed by atoms with Crippen LogP contribution < -0.4 is 0 Å². The van der Waals surface area contributed by atoms with Gasteiger partial charge in [0.05, 0.1) is 0 Å². The largest absolute Gasteiger partial charge is 0.309 e. The first-order chi connectivity index (χ1) is 7.42. The number of hydrogen-bond donors (Lipinski definition) is 0. The van der Waals surface area contributed by atoms with Gasteiger partial charge in [-0.3, -0.25) is 0 Å². The summed E-state index contributed by atoms with van der Waals surface area (Å²) in [6.07, 6.45) is 14.0. The summed E-state index contributed by atoms with van der Waals surface area (Å²) in [6.45, 7) is 0. The number of hydrogen-bond acceptors (Lipinski definition) is 1. The molecule has 0 N–H and O–H groups in total. The van der Waals surface area contributed by atoms with Crippen molar-refractivity contribution >= 4 is 6.21 Å². The van der Waals surface area contributed by atoms with E-state index in [0.29, 0.717) is 0 Å². The summed E-state index contributed by atoms with van der Waals surface area (Å²) in [5, 5.41) is 0. The molecule has 2 aromatic heterocycles. The zero-order valence-electron chi connectivity index (χ0n) is 8.19. The van der Waals surface area contributed by atoms with E-state index in [1.165, 1.54) is 0 Å². The summed E-state index contributed by atoms with van der Waals surface area (Å²) in [7, 11) is 0. The lowest BCUT2D eigenvalue weighted by molar-refractivity contribution is 0.330. The Bertz CT molecular complexity index is 441. The molecule has 3 heteroatoms. The van der Waals surface area contributed by atoms with Crippen LogP contribution in [0, 0.1) is 0 Å². The first kappa shape index (κ1) is 8.29. The predicted octanol–water partition coefficient (Wildman–Crippen LogP) is 2.09. The van der Waals surface area contributed by atoms with Crippen LogP contribution in [-0.2, 0) is 5.79 Å². The number of nitrogens with zero attached hydrogens (tertiary/aromatic N) is 3. The van der Waals surface area contributed by atoms with Crippen molar-refractivity contribution in [3.05, 3.63) is 61.2 Å². The number of allylic oxidation sites excluding steroid dienone is 1. The van der Waals surface area contributed by atoms with Gasteiger partial charge in [-0.1, -0.05) is 0 Å². The standard InChI is InChI=1S/C12H11N3/c1-2-9-14(8-1)12(6-5-7-13-12)15-10-3-4-11-15/h1-11H. The Kier molecular flexibility index (Phi) is 1.65. The highest BCUT2D eigenvalue weighted by Gasteiger charge is 2.30. The van der Waals surface area contributed by atoms with Crippen LogP contribution in [0.4, 0.5) is 0 Å². The molecule has 3 nitrogen and oxygen atoms in total. The van der Waals surface area contributed by atoms with E-state index in [2.05, 4.69) is 20.2 Å². The topological polar surface area (TPSA) is 22.2 Å². The molecule has 0 spiro atoms. The van der Waals surface area contributed by atoms with Gasteiger partial charge >= 0.3 is 0 Å². The first-order valence-corrected chi connectivity index (χ1v) is 4.92. The summed E-state index contributed by atoms with van der Waals surface area (Å²) < 4.78 is 4.15. The summed E-state index contributed by atoms with van der Waals surface area (Å²) in [4.78, 5) is 4.54. The predicted molar refractivity (Wildman–Crippen MR) is 59.9 cm³/mol. The van der Waals surface area contributed by atoms with Crippen LogP contribution in [0.15, 0.2) is 66.2 Å². The molecule has 0 aromatic carbocycles. The molecule has 0 bridgehead atoms.